The van der Waals surface area contributed by atoms with Crippen LogP contribution in [0.4, 0.5) is 5.69 Å². The van der Waals surface area contributed by atoms with Crippen LogP contribution in [0.5, 0.6) is 0 Å². The van der Waals surface area contributed by atoms with Gasteiger partial charge in [0.05, 0.1) is 0 Å². The fourth-order valence-electron chi connectivity index (χ4n) is 2.52. The summed E-state index contributed by atoms with van der Waals surface area (Å²) < 4.78 is 0. The van der Waals surface area contributed by atoms with Gasteiger partial charge in [-0.3, -0.25) is 9.59 Å². The van der Waals surface area contributed by atoms with Crippen LogP contribution in [0.1, 0.15) is 44.0 Å². The van der Waals surface area contributed by atoms with Crippen LogP contribution >= 0.6 is 0 Å². The Hall–Kier alpha value is -2.41. The first-order valence-corrected chi connectivity index (χ1v) is 6.87. The van der Waals surface area contributed by atoms with Gasteiger partial charge in [-0.05, 0) is 43.0 Å². The summed E-state index contributed by atoms with van der Waals surface area (Å²) in [5.74, 6) is -0.107. The third-order valence-corrected chi connectivity index (χ3v) is 3.57. The maximum Gasteiger partial charge on any atom is 0.175 e. The summed E-state index contributed by atoms with van der Waals surface area (Å²) in [6.07, 6.45) is 1.04. The lowest BCUT2D eigenvalue weighted by Crippen LogP contribution is -2.28. The number of allylic oxidation sites excluding steroid dienone is 2. The summed E-state index contributed by atoms with van der Waals surface area (Å²) in [4.78, 5) is 23.3. The Balaban J connectivity index is 2.30. The highest BCUT2D eigenvalue weighted by Crippen LogP contribution is 2.36. The second-order valence-corrected chi connectivity index (χ2v) is 6.16. The maximum atomic E-state index is 12.0. The van der Waals surface area contributed by atoms with E-state index in [9.17, 15) is 14.9 Å². The number of nitrogens with zero attached hydrogens (tertiary/aromatic N) is 1. The minimum absolute atomic E-state index is 0.00690. The first kappa shape index (κ1) is 15.0. The molecule has 21 heavy (non-hydrogen) atoms. The number of anilines is 1. The number of carbonyl (C=O) groups is 2. The van der Waals surface area contributed by atoms with Gasteiger partial charge in [0.1, 0.15) is 11.6 Å². The van der Waals surface area contributed by atoms with Crippen LogP contribution in [0, 0.1) is 16.7 Å². The zero-order valence-electron chi connectivity index (χ0n) is 12.5. The van der Waals surface area contributed by atoms with Gasteiger partial charge in [-0.2, -0.15) is 5.26 Å². The molecule has 108 valence electrons. The number of carbonyl (C=O) groups excluding carboxylic acids is 2. The monoisotopic (exact) mass is 282 g/mol. The number of Topliss-reactive ketones (excluding diaryl/α,β-unsaturated/α-hetero) is 2. The molecule has 0 amide bonds. The Morgan fingerprint density at radius 2 is 1.86 bits per heavy atom. The number of nitrogens with one attached hydrogen (secondary N) is 1. The predicted molar refractivity (Wildman–Crippen MR) is 80.7 cm³/mol. The van der Waals surface area contributed by atoms with Crippen LogP contribution in [0.3, 0.4) is 0 Å². The smallest absolute Gasteiger partial charge is 0.175 e. The molecule has 4 nitrogen and oxygen atoms in total. The first-order chi connectivity index (χ1) is 9.82. The van der Waals surface area contributed by atoms with E-state index in [1.807, 2.05) is 19.9 Å². The van der Waals surface area contributed by atoms with Gasteiger partial charge in [-0.15, -0.1) is 0 Å². The van der Waals surface area contributed by atoms with E-state index in [1.165, 1.54) is 6.92 Å². The standard InChI is InChI=1S/C17H18N2O2/c1-11(20)12-4-6-13(7-5-12)19-15-8-17(2,3)9-16(21)14(15)10-18/h4-7,19H,8-9H2,1-3H3. The Morgan fingerprint density at radius 3 is 2.38 bits per heavy atom. The molecule has 4 heteroatoms. The normalized spacial score (nSPS) is 17.3. The fourth-order valence-corrected chi connectivity index (χ4v) is 2.52. The molecule has 1 aromatic rings. The molecule has 1 aromatic carbocycles. The summed E-state index contributed by atoms with van der Waals surface area (Å²) in [6.45, 7) is 5.54. The van der Waals surface area contributed by atoms with Gasteiger partial charge >= 0.3 is 0 Å². The largest absolute Gasteiger partial charge is 0.358 e. The molecule has 0 unspecified atom stereocenters. The molecule has 1 aliphatic carbocycles. The van der Waals surface area contributed by atoms with E-state index < -0.39 is 0 Å². The summed E-state index contributed by atoms with van der Waals surface area (Å²) in [5, 5.41) is 12.3. The van der Waals surface area contributed by atoms with Gasteiger partial charge in [-0.25, -0.2) is 0 Å². The number of hydrogen-bond donors (Lipinski definition) is 1. The van der Waals surface area contributed by atoms with E-state index in [-0.39, 0.29) is 22.6 Å². The van der Waals surface area contributed by atoms with Crippen molar-refractivity contribution in [2.75, 3.05) is 5.32 Å². The van der Waals surface area contributed by atoms with Crippen LogP contribution in [0.2, 0.25) is 0 Å². The SMILES string of the molecule is CC(=O)c1ccc(NC2=C(C#N)C(=O)CC(C)(C)C2)cc1. The molecule has 0 saturated carbocycles. The zero-order chi connectivity index (χ0) is 15.6. The summed E-state index contributed by atoms with van der Waals surface area (Å²) in [6, 6.07) is 9.03. The van der Waals surface area contributed by atoms with Crippen molar-refractivity contribution in [2.24, 2.45) is 5.41 Å². The molecule has 0 radical (unpaired) electrons. The van der Waals surface area contributed by atoms with Gasteiger partial charge in [0, 0.05) is 23.4 Å². The minimum atomic E-state index is -0.154. The molecular formula is C17H18N2O2. The van der Waals surface area contributed by atoms with Crippen LogP contribution in [-0.4, -0.2) is 11.6 Å². The number of rotatable bonds is 3. The molecule has 0 heterocycles. The second kappa shape index (κ2) is 5.53. The van der Waals surface area contributed by atoms with E-state index in [0.29, 0.717) is 24.1 Å². The van der Waals surface area contributed by atoms with E-state index in [4.69, 9.17) is 0 Å². The second-order valence-electron chi connectivity index (χ2n) is 6.16. The van der Waals surface area contributed by atoms with E-state index in [0.717, 1.165) is 5.69 Å². The lowest BCUT2D eigenvalue weighted by Gasteiger charge is -2.30. The Morgan fingerprint density at radius 1 is 1.24 bits per heavy atom. The molecule has 2 rings (SSSR count). The number of hydrogen-bond acceptors (Lipinski definition) is 4. The molecule has 1 N–H and O–H groups in total. The van der Waals surface area contributed by atoms with Crippen molar-refractivity contribution >= 4 is 17.3 Å². The van der Waals surface area contributed by atoms with Crippen molar-refractivity contribution in [3.8, 4) is 6.07 Å². The van der Waals surface area contributed by atoms with E-state index in [2.05, 4.69) is 5.32 Å². The molecule has 0 bridgehead atoms. The summed E-state index contributed by atoms with van der Waals surface area (Å²) in [5.41, 5.74) is 2.13. The van der Waals surface area contributed by atoms with Gasteiger partial charge in [0.25, 0.3) is 0 Å². The van der Waals surface area contributed by atoms with Gasteiger partial charge < -0.3 is 5.32 Å². The fraction of sp³-hybridized carbons (Fsp3) is 0.353. The van der Waals surface area contributed by atoms with Crippen LogP contribution < -0.4 is 5.32 Å². The third-order valence-electron chi connectivity index (χ3n) is 3.57. The zero-order valence-corrected chi connectivity index (χ0v) is 12.5. The maximum absolute atomic E-state index is 12.0. The quantitative estimate of drug-likeness (QED) is 0.862. The van der Waals surface area contributed by atoms with E-state index >= 15 is 0 Å². The molecule has 0 saturated heterocycles. The molecule has 0 fully saturated rings. The molecular weight excluding hydrogens is 264 g/mol. The first-order valence-electron chi connectivity index (χ1n) is 6.87. The van der Waals surface area contributed by atoms with Gasteiger partial charge in [0.2, 0.25) is 0 Å². The highest BCUT2D eigenvalue weighted by molar-refractivity contribution is 6.01. The van der Waals surface area contributed by atoms with Crippen LogP contribution in [0.25, 0.3) is 0 Å². The summed E-state index contributed by atoms with van der Waals surface area (Å²) >= 11 is 0. The van der Waals surface area contributed by atoms with Crippen molar-refractivity contribution in [2.45, 2.75) is 33.6 Å². The molecule has 1 aliphatic rings. The van der Waals surface area contributed by atoms with Gasteiger partial charge in [0.15, 0.2) is 11.6 Å². The minimum Gasteiger partial charge on any atom is -0.358 e. The average Bonchev–Trinajstić information content (AvgIpc) is 2.37. The lowest BCUT2D eigenvalue weighted by atomic mass is 9.76. The average molecular weight is 282 g/mol. The topological polar surface area (TPSA) is 70.0 Å². The number of ketones is 2. The van der Waals surface area contributed by atoms with Crippen molar-refractivity contribution in [3.05, 3.63) is 41.1 Å². The number of benzene rings is 1. The third kappa shape index (κ3) is 3.38. The lowest BCUT2D eigenvalue weighted by molar-refractivity contribution is -0.117. The molecule has 0 aliphatic heterocycles. The number of nitriles is 1. The van der Waals surface area contributed by atoms with Crippen LogP contribution in [-0.2, 0) is 4.79 Å². The van der Waals surface area contributed by atoms with Crippen LogP contribution in [0.15, 0.2) is 35.5 Å². The highest BCUT2D eigenvalue weighted by Gasteiger charge is 2.33. The predicted octanol–water partition coefficient (Wildman–Crippen LogP) is 3.47. The highest BCUT2D eigenvalue weighted by atomic mass is 16.1. The Bertz CT molecular complexity index is 661. The van der Waals surface area contributed by atoms with Gasteiger partial charge in [-0.1, -0.05) is 13.8 Å². The van der Waals surface area contributed by atoms with E-state index in [1.54, 1.807) is 24.3 Å². The molecule has 0 spiro atoms. The van der Waals surface area contributed by atoms with Crippen molar-refractivity contribution in [1.29, 1.82) is 5.26 Å². The Labute approximate surface area is 124 Å². The van der Waals surface area contributed by atoms with Crippen molar-refractivity contribution in [3.63, 3.8) is 0 Å². The van der Waals surface area contributed by atoms with Crippen molar-refractivity contribution < 1.29 is 9.59 Å². The van der Waals surface area contributed by atoms with Crippen molar-refractivity contribution in [1.82, 2.24) is 0 Å². The molecule has 0 aromatic heterocycles. The summed E-state index contributed by atoms with van der Waals surface area (Å²) in [7, 11) is 0. The molecule has 0 atom stereocenters. The Kier molecular flexibility index (Phi) is 3.95.